The minimum Gasteiger partial charge on any atom is -0.352 e. The molecular formula is C10H15ClN4O. The molecule has 6 heteroatoms. The van der Waals surface area contributed by atoms with E-state index in [0.29, 0.717) is 24.3 Å². The summed E-state index contributed by atoms with van der Waals surface area (Å²) in [4.78, 5) is 15.5. The lowest BCUT2D eigenvalue weighted by atomic mass is 10.5. The van der Waals surface area contributed by atoms with Crippen LogP contribution in [0.2, 0.25) is 5.15 Å². The Bertz CT molecular complexity index is 386. The van der Waals surface area contributed by atoms with Crippen molar-refractivity contribution >= 4 is 17.5 Å². The maximum absolute atomic E-state index is 11.3. The predicted molar refractivity (Wildman–Crippen MR) is 61.1 cm³/mol. The van der Waals surface area contributed by atoms with Crippen LogP contribution >= 0.6 is 11.6 Å². The highest BCUT2D eigenvalue weighted by Gasteiger charge is 2.22. The molecule has 1 saturated carbocycles. The van der Waals surface area contributed by atoms with Crippen LogP contribution < -0.4 is 10.6 Å². The smallest absolute Gasteiger partial charge is 0.234 e. The molecule has 0 aromatic carbocycles. The van der Waals surface area contributed by atoms with Crippen molar-refractivity contribution in [2.24, 2.45) is 7.05 Å². The summed E-state index contributed by atoms with van der Waals surface area (Å²) in [5.41, 5.74) is 0. The zero-order valence-electron chi connectivity index (χ0n) is 9.16. The van der Waals surface area contributed by atoms with Gasteiger partial charge in [-0.2, -0.15) is 0 Å². The molecule has 0 spiro atoms. The minimum absolute atomic E-state index is 0.0443. The normalized spacial score (nSPS) is 15.1. The zero-order chi connectivity index (χ0) is 11.5. The highest BCUT2D eigenvalue weighted by Crippen LogP contribution is 2.18. The monoisotopic (exact) mass is 242 g/mol. The SMILES string of the molecule is Cn1c(Cl)cnc1CNCC(=O)NC1CC1. The third-order valence-corrected chi connectivity index (χ3v) is 2.89. The molecule has 0 saturated heterocycles. The molecule has 1 heterocycles. The van der Waals surface area contributed by atoms with Gasteiger partial charge in [0.05, 0.1) is 19.3 Å². The Kier molecular flexibility index (Phi) is 3.46. The van der Waals surface area contributed by atoms with E-state index in [0.717, 1.165) is 18.7 Å². The zero-order valence-corrected chi connectivity index (χ0v) is 9.92. The first-order chi connectivity index (χ1) is 7.66. The van der Waals surface area contributed by atoms with Gasteiger partial charge in [-0.15, -0.1) is 0 Å². The van der Waals surface area contributed by atoms with Gasteiger partial charge in [-0.25, -0.2) is 4.98 Å². The molecule has 88 valence electrons. The van der Waals surface area contributed by atoms with Crippen LogP contribution in [0.3, 0.4) is 0 Å². The number of halogens is 1. The molecule has 2 N–H and O–H groups in total. The van der Waals surface area contributed by atoms with Gasteiger partial charge in [0.25, 0.3) is 0 Å². The Morgan fingerprint density at radius 1 is 1.69 bits per heavy atom. The Hall–Kier alpha value is -1.07. The highest BCUT2D eigenvalue weighted by atomic mass is 35.5. The molecule has 0 radical (unpaired) electrons. The average Bonchev–Trinajstić information content (AvgIpc) is 3.00. The lowest BCUT2D eigenvalue weighted by Gasteiger charge is -2.05. The number of nitrogens with zero attached hydrogens (tertiary/aromatic N) is 2. The third kappa shape index (κ3) is 2.96. The fourth-order valence-electron chi connectivity index (χ4n) is 1.38. The van der Waals surface area contributed by atoms with E-state index < -0.39 is 0 Å². The predicted octanol–water partition coefficient (Wildman–Crippen LogP) is 0.442. The topological polar surface area (TPSA) is 59.0 Å². The number of carbonyl (C=O) groups excluding carboxylic acids is 1. The van der Waals surface area contributed by atoms with Crippen LogP contribution in [0.5, 0.6) is 0 Å². The second-order valence-electron chi connectivity index (χ2n) is 4.00. The van der Waals surface area contributed by atoms with Crippen molar-refractivity contribution < 1.29 is 4.79 Å². The van der Waals surface area contributed by atoms with Crippen molar-refractivity contribution in [3.63, 3.8) is 0 Å². The van der Waals surface area contributed by atoms with Gasteiger partial charge < -0.3 is 15.2 Å². The molecule has 5 nitrogen and oxygen atoms in total. The average molecular weight is 243 g/mol. The number of aromatic nitrogens is 2. The number of amides is 1. The Balaban J connectivity index is 1.70. The van der Waals surface area contributed by atoms with Gasteiger partial charge in [0.2, 0.25) is 5.91 Å². The quantitative estimate of drug-likeness (QED) is 0.788. The van der Waals surface area contributed by atoms with E-state index in [1.807, 2.05) is 7.05 Å². The molecule has 2 rings (SSSR count). The number of carbonyl (C=O) groups is 1. The van der Waals surface area contributed by atoms with Crippen LogP contribution in [0, 0.1) is 0 Å². The molecule has 0 atom stereocenters. The summed E-state index contributed by atoms with van der Waals surface area (Å²) in [6.07, 6.45) is 3.82. The maximum atomic E-state index is 11.3. The van der Waals surface area contributed by atoms with Crippen LogP contribution in [0.4, 0.5) is 0 Å². The number of rotatable bonds is 5. The highest BCUT2D eigenvalue weighted by molar-refractivity contribution is 6.29. The summed E-state index contributed by atoms with van der Waals surface area (Å²) < 4.78 is 1.79. The standard InChI is InChI=1S/C10H15ClN4O/c1-15-8(11)4-13-9(15)5-12-6-10(16)14-7-2-3-7/h4,7,12H,2-3,5-6H2,1H3,(H,14,16). The lowest BCUT2D eigenvalue weighted by molar-refractivity contribution is -0.120. The second-order valence-corrected chi connectivity index (χ2v) is 4.39. The molecular weight excluding hydrogens is 228 g/mol. The van der Waals surface area contributed by atoms with E-state index in [2.05, 4.69) is 15.6 Å². The van der Waals surface area contributed by atoms with E-state index >= 15 is 0 Å². The molecule has 1 aliphatic carbocycles. The summed E-state index contributed by atoms with van der Waals surface area (Å²) in [5, 5.41) is 6.54. The van der Waals surface area contributed by atoms with Gasteiger partial charge in [-0.1, -0.05) is 11.6 Å². The number of nitrogens with one attached hydrogen (secondary N) is 2. The lowest BCUT2D eigenvalue weighted by Crippen LogP contribution is -2.35. The molecule has 0 bridgehead atoms. The van der Waals surface area contributed by atoms with E-state index in [4.69, 9.17) is 11.6 Å². The van der Waals surface area contributed by atoms with E-state index in [-0.39, 0.29) is 5.91 Å². The van der Waals surface area contributed by atoms with Crippen molar-refractivity contribution in [1.82, 2.24) is 20.2 Å². The van der Waals surface area contributed by atoms with Crippen molar-refractivity contribution in [2.75, 3.05) is 6.54 Å². The number of imidazole rings is 1. The minimum atomic E-state index is 0.0443. The van der Waals surface area contributed by atoms with Crippen molar-refractivity contribution in [2.45, 2.75) is 25.4 Å². The summed E-state index contributed by atoms with van der Waals surface area (Å²) in [6, 6.07) is 0.414. The van der Waals surface area contributed by atoms with Crippen molar-refractivity contribution in [1.29, 1.82) is 0 Å². The second kappa shape index (κ2) is 4.84. The van der Waals surface area contributed by atoms with Gasteiger partial charge in [0, 0.05) is 13.1 Å². The molecule has 0 unspecified atom stereocenters. The van der Waals surface area contributed by atoms with Gasteiger partial charge in [0.1, 0.15) is 11.0 Å². The summed E-state index contributed by atoms with van der Waals surface area (Å²) in [6.45, 7) is 0.863. The first-order valence-electron chi connectivity index (χ1n) is 5.33. The van der Waals surface area contributed by atoms with Crippen LogP contribution in [0.15, 0.2) is 6.20 Å². The molecule has 1 aromatic heterocycles. The van der Waals surface area contributed by atoms with Crippen LogP contribution in [-0.2, 0) is 18.4 Å². The van der Waals surface area contributed by atoms with Crippen LogP contribution in [0.1, 0.15) is 18.7 Å². The number of hydrogen-bond donors (Lipinski definition) is 2. The largest absolute Gasteiger partial charge is 0.352 e. The summed E-state index contributed by atoms with van der Waals surface area (Å²) >= 11 is 5.84. The van der Waals surface area contributed by atoms with Crippen molar-refractivity contribution in [3.05, 3.63) is 17.2 Å². The fourth-order valence-corrected chi connectivity index (χ4v) is 1.53. The third-order valence-electron chi connectivity index (χ3n) is 2.54. The molecule has 1 aliphatic rings. The molecule has 1 aromatic rings. The van der Waals surface area contributed by atoms with Crippen molar-refractivity contribution in [3.8, 4) is 0 Å². The van der Waals surface area contributed by atoms with Gasteiger partial charge in [0.15, 0.2) is 0 Å². The molecule has 1 amide bonds. The maximum Gasteiger partial charge on any atom is 0.234 e. The van der Waals surface area contributed by atoms with Crippen LogP contribution in [-0.4, -0.2) is 28.0 Å². The van der Waals surface area contributed by atoms with Gasteiger partial charge in [-0.05, 0) is 12.8 Å². The first kappa shape index (κ1) is 11.4. The first-order valence-corrected chi connectivity index (χ1v) is 5.71. The Labute approximate surface area is 99.2 Å². The van der Waals surface area contributed by atoms with E-state index in [1.165, 1.54) is 0 Å². The van der Waals surface area contributed by atoms with E-state index in [9.17, 15) is 4.79 Å². The van der Waals surface area contributed by atoms with E-state index in [1.54, 1.807) is 10.8 Å². The molecule has 16 heavy (non-hydrogen) atoms. The Morgan fingerprint density at radius 2 is 2.44 bits per heavy atom. The summed E-state index contributed by atoms with van der Waals surface area (Å²) in [5.74, 6) is 0.868. The Morgan fingerprint density at radius 3 is 3.00 bits per heavy atom. The molecule has 1 fully saturated rings. The van der Waals surface area contributed by atoms with Crippen LogP contribution in [0.25, 0.3) is 0 Å². The fraction of sp³-hybridized carbons (Fsp3) is 0.600. The van der Waals surface area contributed by atoms with Gasteiger partial charge >= 0.3 is 0 Å². The van der Waals surface area contributed by atoms with Gasteiger partial charge in [-0.3, -0.25) is 4.79 Å². The molecule has 0 aliphatic heterocycles. The number of hydrogen-bond acceptors (Lipinski definition) is 3. The summed E-state index contributed by atoms with van der Waals surface area (Å²) in [7, 11) is 1.84.